The number of hydrogen-bond donors (Lipinski definition) is 1. The van der Waals surface area contributed by atoms with E-state index in [-0.39, 0.29) is 0 Å². The SMILES string of the molecule is Cc1ccc([C@H](C)NC(=O)C(F)(F)C(F)(F)C(F)(F)F)cc1C. The van der Waals surface area contributed by atoms with Gasteiger partial charge < -0.3 is 5.32 Å². The average molecular weight is 345 g/mol. The Labute approximate surface area is 127 Å². The first kappa shape index (κ1) is 19.2. The normalized spacial score (nSPS) is 14.5. The Balaban J connectivity index is 2.99. The van der Waals surface area contributed by atoms with Gasteiger partial charge in [-0.25, -0.2) is 0 Å². The first-order valence-corrected chi connectivity index (χ1v) is 6.42. The molecule has 23 heavy (non-hydrogen) atoms. The summed E-state index contributed by atoms with van der Waals surface area (Å²) in [5, 5.41) is 1.49. The zero-order valence-electron chi connectivity index (χ0n) is 12.4. The molecule has 0 fully saturated rings. The van der Waals surface area contributed by atoms with E-state index in [2.05, 4.69) is 0 Å². The van der Waals surface area contributed by atoms with Crippen LogP contribution in [-0.4, -0.2) is 23.9 Å². The molecular formula is C14H14F7NO. The maximum Gasteiger partial charge on any atom is 0.460 e. The van der Waals surface area contributed by atoms with Crippen LogP contribution in [0.4, 0.5) is 30.7 Å². The minimum atomic E-state index is -6.54. The van der Waals surface area contributed by atoms with Crippen LogP contribution in [0.15, 0.2) is 18.2 Å². The summed E-state index contributed by atoms with van der Waals surface area (Å²) in [5.74, 6) is -15.1. The van der Waals surface area contributed by atoms with Gasteiger partial charge in [-0.2, -0.15) is 30.7 Å². The molecular weight excluding hydrogens is 331 g/mol. The van der Waals surface area contributed by atoms with Crippen LogP contribution in [0.3, 0.4) is 0 Å². The van der Waals surface area contributed by atoms with Crippen molar-refractivity contribution >= 4 is 5.91 Å². The quantitative estimate of drug-likeness (QED) is 0.810. The molecule has 1 aromatic rings. The van der Waals surface area contributed by atoms with Crippen LogP contribution in [0, 0.1) is 13.8 Å². The van der Waals surface area contributed by atoms with Crippen LogP contribution in [0.5, 0.6) is 0 Å². The maximum absolute atomic E-state index is 13.2. The van der Waals surface area contributed by atoms with E-state index in [1.54, 1.807) is 19.9 Å². The Bertz CT molecular complexity index is 595. The number of aryl methyl sites for hydroxylation is 2. The maximum atomic E-state index is 13.2. The fraction of sp³-hybridized carbons (Fsp3) is 0.500. The van der Waals surface area contributed by atoms with Gasteiger partial charge in [-0.15, -0.1) is 0 Å². The molecule has 1 N–H and O–H groups in total. The summed E-state index contributed by atoms with van der Waals surface area (Å²) >= 11 is 0. The van der Waals surface area contributed by atoms with Gasteiger partial charge in [-0.3, -0.25) is 4.79 Å². The molecule has 130 valence electrons. The van der Waals surface area contributed by atoms with Gasteiger partial charge >= 0.3 is 18.0 Å². The zero-order valence-corrected chi connectivity index (χ0v) is 12.4. The van der Waals surface area contributed by atoms with Crippen LogP contribution in [-0.2, 0) is 4.79 Å². The van der Waals surface area contributed by atoms with Crippen molar-refractivity contribution in [1.29, 1.82) is 0 Å². The molecule has 0 unspecified atom stereocenters. The van der Waals surface area contributed by atoms with Crippen molar-refractivity contribution in [3.8, 4) is 0 Å². The van der Waals surface area contributed by atoms with Crippen molar-refractivity contribution in [2.45, 2.75) is 44.8 Å². The molecule has 0 aromatic heterocycles. The molecule has 2 nitrogen and oxygen atoms in total. The van der Waals surface area contributed by atoms with Crippen LogP contribution in [0.1, 0.15) is 29.7 Å². The first-order valence-electron chi connectivity index (χ1n) is 6.42. The van der Waals surface area contributed by atoms with Crippen LogP contribution in [0.25, 0.3) is 0 Å². The molecule has 0 saturated carbocycles. The Morgan fingerprint density at radius 1 is 1.00 bits per heavy atom. The van der Waals surface area contributed by atoms with E-state index < -0.39 is 30.0 Å². The molecule has 0 spiro atoms. The minimum Gasteiger partial charge on any atom is -0.344 e. The van der Waals surface area contributed by atoms with E-state index in [0.29, 0.717) is 5.56 Å². The molecule has 0 bridgehead atoms. The van der Waals surface area contributed by atoms with E-state index in [1.165, 1.54) is 24.4 Å². The average Bonchev–Trinajstić information content (AvgIpc) is 2.40. The highest BCUT2D eigenvalue weighted by molar-refractivity contribution is 5.85. The highest BCUT2D eigenvalue weighted by Gasteiger charge is 2.76. The third-order valence-corrected chi connectivity index (χ3v) is 3.41. The van der Waals surface area contributed by atoms with Crippen LogP contribution < -0.4 is 5.32 Å². The lowest BCUT2D eigenvalue weighted by Gasteiger charge is -2.28. The van der Waals surface area contributed by atoms with Gasteiger partial charge in [0, 0.05) is 0 Å². The van der Waals surface area contributed by atoms with Crippen molar-refractivity contribution in [3.63, 3.8) is 0 Å². The Morgan fingerprint density at radius 2 is 1.52 bits per heavy atom. The van der Waals surface area contributed by atoms with Crippen molar-refractivity contribution in [2.24, 2.45) is 0 Å². The number of nitrogens with one attached hydrogen (secondary N) is 1. The summed E-state index contributed by atoms with van der Waals surface area (Å²) in [6.07, 6.45) is -6.54. The summed E-state index contributed by atoms with van der Waals surface area (Å²) in [6, 6.07) is 3.40. The van der Waals surface area contributed by atoms with Gasteiger partial charge in [0.05, 0.1) is 6.04 Å². The molecule has 1 aromatic carbocycles. The number of rotatable bonds is 4. The van der Waals surface area contributed by atoms with Crippen molar-refractivity contribution in [2.75, 3.05) is 0 Å². The van der Waals surface area contributed by atoms with Crippen LogP contribution in [0.2, 0.25) is 0 Å². The third kappa shape index (κ3) is 3.59. The number of hydrogen-bond acceptors (Lipinski definition) is 1. The van der Waals surface area contributed by atoms with Crippen molar-refractivity contribution in [1.82, 2.24) is 5.32 Å². The monoisotopic (exact) mass is 345 g/mol. The smallest absolute Gasteiger partial charge is 0.344 e. The molecule has 9 heteroatoms. The second kappa shape index (κ2) is 6.01. The number of halogens is 7. The summed E-state index contributed by atoms with van der Waals surface area (Å²) in [7, 11) is 0. The van der Waals surface area contributed by atoms with E-state index >= 15 is 0 Å². The molecule has 1 rings (SSSR count). The van der Waals surface area contributed by atoms with Crippen molar-refractivity contribution in [3.05, 3.63) is 34.9 Å². The van der Waals surface area contributed by atoms with Gasteiger partial charge in [0.15, 0.2) is 0 Å². The lowest BCUT2D eigenvalue weighted by Crippen LogP contribution is -2.59. The Kier molecular flexibility index (Phi) is 5.03. The predicted octanol–water partition coefficient (Wildman–Crippen LogP) is 4.31. The largest absolute Gasteiger partial charge is 0.460 e. The Hall–Kier alpha value is -1.80. The van der Waals surface area contributed by atoms with Crippen molar-refractivity contribution < 1.29 is 35.5 Å². The van der Waals surface area contributed by atoms with Gasteiger partial charge in [-0.1, -0.05) is 18.2 Å². The third-order valence-electron chi connectivity index (χ3n) is 3.41. The molecule has 0 aliphatic carbocycles. The van der Waals surface area contributed by atoms with Crippen LogP contribution >= 0.6 is 0 Å². The number of carbonyl (C=O) groups is 1. The highest BCUT2D eigenvalue weighted by atomic mass is 19.4. The summed E-state index contributed by atoms with van der Waals surface area (Å²) in [5.41, 5.74) is 1.91. The standard InChI is InChI=1S/C14H14F7NO/c1-7-4-5-10(6-8(7)2)9(3)22-11(23)12(15,16)13(17,18)14(19,20)21/h4-6,9H,1-3H3,(H,22,23)/t9-/m0/s1. The van der Waals surface area contributed by atoms with Gasteiger partial charge in [-0.05, 0) is 37.5 Å². The molecule has 1 amide bonds. The fourth-order valence-corrected chi connectivity index (χ4v) is 1.73. The fourth-order valence-electron chi connectivity index (χ4n) is 1.73. The minimum absolute atomic E-state index is 0.299. The van der Waals surface area contributed by atoms with E-state index in [9.17, 15) is 35.5 Å². The molecule has 1 atom stereocenters. The van der Waals surface area contributed by atoms with Gasteiger partial charge in [0.2, 0.25) is 0 Å². The lowest BCUT2D eigenvalue weighted by atomic mass is 10.0. The molecule has 0 aliphatic heterocycles. The zero-order chi connectivity index (χ0) is 18.2. The topological polar surface area (TPSA) is 29.1 Å². The molecule has 0 aliphatic rings. The second-order valence-electron chi connectivity index (χ2n) is 5.19. The van der Waals surface area contributed by atoms with E-state index in [1.807, 2.05) is 0 Å². The van der Waals surface area contributed by atoms with Gasteiger partial charge in [0.25, 0.3) is 5.91 Å². The molecule has 0 heterocycles. The lowest BCUT2D eigenvalue weighted by molar-refractivity contribution is -0.344. The number of benzene rings is 1. The number of carbonyl (C=O) groups excluding carboxylic acids is 1. The summed E-state index contributed by atoms with van der Waals surface area (Å²) in [4.78, 5) is 11.3. The highest BCUT2D eigenvalue weighted by Crippen LogP contribution is 2.46. The first-order chi connectivity index (χ1) is 10.2. The predicted molar refractivity (Wildman–Crippen MR) is 68.4 cm³/mol. The molecule has 0 radical (unpaired) electrons. The Morgan fingerprint density at radius 3 is 1.96 bits per heavy atom. The summed E-state index contributed by atoms with van der Waals surface area (Å²) in [6.45, 7) is 4.66. The second-order valence-corrected chi connectivity index (χ2v) is 5.19. The number of alkyl halides is 7. The van der Waals surface area contributed by atoms with Gasteiger partial charge in [0.1, 0.15) is 0 Å². The van der Waals surface area contributed by atoms with E-state index in [0.717, 1.165) is 11.1 Å². The number of amides is 1. The van der Waals surface area contributed by atoms with E-state index in [4.69, 9.17) is 0 Å². The molecule has 0 saturated heterocycles. The summed E-state index contributed by atoms with van der Waals surface area (Å²) < 4.78 is 88.2.